The van der Waals surface area contributed by atoms with Crippen molar-refractivity contribution in [2.24, 2.45) is 0 Å². The van der Waals surface area contributed by atoms with Gasteiger partial charge in [-0.05, 0) is 403 Å². The lowest BCUT2D eigenvalue weighted by atomic mass is 9.82. The molecule has 0 aliphatic heterocycles. The van der Waals surface area contributed by atoms with E-state index < -0.39 is 0 Å². The molecule has 0 amide bonds. The molecule has 17 rings (SSSR count). The Bertz CT molecular complexity index is 6620. The fourth-order valence-corrected chi connectivity index (χ4v) is 19.0. The van der Waals surface area contributed by atoms with Crippen LogP contribution in [0.1, 0.15) is 316 Å². The first-order valence-electron chi connectivity index (χ1n) is 49.0. The van der Waals surface area contributed by atoms with Gasteiger partial charge in [-0.3, -0.25) is 0 Å². The molecule has 0 heterocycles. The SMILES string of the molecule is CC(C)(C)c1cc2cc(c1)c1cc(C(C)(C)C)cc(c1)c1cc3cc(c1)c1cc(C(C)(C)C)cc(c1)c1cc(C(C)(C)C)cc(c1)c1cc(C(C)(C)C)cc(c1)c1cc(C(C)(C)C)cc(c1)c1cc(cc(c1)c1cc(C(C)(C)C)cc(c1)c1cc(C(C)(C)C)cc(c1)c1cc(C(C)(C)C)cc(c1)c1cc(C(C)(C)C)cc3c1)c1cc(C(C)(C)C)cc(c1)c1cc(C(C)(C)C)cc2c1. The van der Waals surface area contributed by atoms with E-state index in [-0.39, 0.29) is 65.0 Å². The van der Waals surface area contributed by atoms with Gasteiger partial charge in [-0.15, -0.1) is 0 Å². The average Bonchev–Trinajstić information content (AvgIpc) is 0.829. The highest BCUT2D eigenvalue weighted by molar-refractivity contribution is 6.10. The molecule has 0 saturated heterocycles. The summed E-state index contributed by atoms with van der Waals surface area (Å²) in [6.45, 7) is 86.2. The molecular formula is C132H150. The average molecular weight is 1740 g/mol. The van der Waals surface area contributed by atoms with Gasteiger partial charge in [0.15, 0.2) is 0 Å². The van der Waals surface area contributed by atoms with E-state index >= 15 is 0 Å². The van der Waals surface area contributed by atoms with E-state index in [1.807, 2.05) is 0 Å². The van der Waals surface area contributed by atoms with Crippen LogP contribution in [0.15, 0.2) is 255 Å². The van der Waals surface area contributed by atoms with Crippen LogP contribution in [-0.4, -0.2) is 0 Å². The quantitative estimate of drug-likeness (QED) is 0.142. The van der Waals surface area contributed by atoms with Crippen LogP contribution in [-0.2, 0) is 65.0 Å². The van der Waals surface area contributed by atoms with Crippen molar-refractivity contribution >= 4 is 162 Å². The molecule has 0 aliphatic rings. The molecule has 132 heavy (non-hydrogen) atoms. The van der Waals surface area contributed by atoms with E-state index in [9.17, 15) is 0 Å². The van der Waals surface area contributed by atoms with Gasteiger partial charge in [0.2, 0.25) is 0 Å². The van der Waals surface area contributed by atoms with Crippen molar-refractivity contribution < 1.29 is 0 Å². The zero-order valence-corrected chi connectivity index (χ0v) is 87.2. The highest BCUT2D eigenvalue weighted by atomic mass is 14.3. The Morgan fingerprint density at radius 2 is 0.106 bits per heavy atom. The lowest BCUT2D eigenvalue weighted by molar-refractivity contribution is 0.590. The molecule has 0 N–H and O–H groups in total. The zero-order valence-electron chi connectivity index (χ0n) is 87.2. The number of hydrogen-bond donors (Lipinski definition) is 0. The third kappa shape index (κ3) is 19.9. The molecule has 0 heteroatoms. The van der Waals surface area contributed by atoms with Crippen LogP contribution in [0.5, 0.6) is 0 Å². The fourth-order valence-electron chi connectivity index (χ4n) is 19.0. The topological polar surface area (TPSA) is 0 Å². The number of rotatable bonds is 0. The van der Waals surface area contributed by atoms with Crippen LogP contribution >= 0.6 is 0 Å². The summed E-state index contributed by atoms with van der Waals surface area (Å²) < 4.78 is 0. The van der Waals surface area contributed by atoms with Crippen LogP contribution in [0.4, 0.5) is 0 Å². The highest BCUT2D eigenvalue weighted by Crippen LogP contribution is 2.45. The molecule has 0 atom stereocenters. The summed E-state index contributed by atoms with van der Waals surface area (Å²) in [6, 6.07) is 106. The van der Waals surface area contributed by atoms with Gasteiger partial charge in [-0.25, -0.2) is 0 Å². The maximum absolute atomic E-state index is 2.54. The molecule has 17 aromatic rings. The Labute approximate surface area is 791 Å². The van der Waals surface area contributed by atoms with Crippen LogP contribution in [0.25, 0.3) is 162 Å². The van der Waals surface area contributed by atoms with E-state index in [1.165, 1.54) is 228 Å². The van der Waals surface area contributed by atoms with E-state index in [1.54, 1.807) is 0 Å². The minimum absolute atomic E-state index is 0.196. The van der Waals surface area contributed by atoms with Gasteiger partial charge in [-0.1, -0.05) is 395 Å². The van der Waals surface area contributed by atoms with Crippen LogP contribution in [0.2, 0.25) is 0 Å². The van der Waals surface area contributed by atoms with Crippen molar-refractivity contribution in [3.05, 3.63) is 322 Å². The minimum Gasteiger partial charge on any atom is -0.0561 e. The first-order chi connectivity index (χ1) is 60.8. The maximum atomic E-state index is 2.54. The highest BCUT2D eigenvalue weighted by Gasteiger charge is 2.28. The molecule has 0 spiro atoms. The van der Waals surface area contributed by atoms with Crippen molar-refractivity contribution in [1.29, 1.82) is 0 Å². The van der Waals surface area contributed by atoms with E-state index in [0.29, 0.717) is 0 Å². The fraction of sp³-hybridized carbons (Fsp3) is 0.364. The van der Waals surface area contributed by atoms with Gasteiger partial charge in [0, 0.05) is 0 Å². The standard InChI is InChI=1S/C132H150/c1-121(2,3)109-55-85-43-91(61-109)97-49-103(73-115(67-97)127(19,20)21)104-50-98(68-116(74-104)128(22,23)24)94-46-88(58-112(64-94)124(10,11)12)82-40-83-42-84(41-82)90-48-96(66-114(60-90)126(16,17)18)102-54-108(78-120(72-102)132(34,35)36)106-52-100(70-118(76-106)130(28,29)30)93-45-87(57-111(63-93)123(7,8)9)81-38-79(85)37-80(39-81)86-44-92(62-110(56-86)122(4,5)6)99-51-105(75-117(69-99)129(25,26)27)107-53-101(71-119(77-107)131(31,32)33)95-47-89(83)59-113(65-95)125(13,14)15/h37-78H,1-36H3. The Morgan fingerprint density at radius 1 is 0.0682 bits per heavy atom. The van der Waals surface area contributed by atoms with Gasteiger partial charge < -0.3 is 0 Å². The van der Waals surface area contributed by atoms with Gasteiger partial charge >= 0.3 is 0 Å². The molecule has 0 saturated carbocycles. The number of hydrogen-bond acceptors (Lipinski definition) is 0. The predicted octanol–water partition coefficient (Wildman–Crippen LogP) is 39.6. The van der Waals surface area contributed by atoms with Crippen molar-refractivity contribution in [3.63, 3.8) is 0 Å². The summed E-state index contributed by atoms with van der Waals surface area (Å²) in [7, 11) is 0. The lowest BCUT2D eigenvalue weighted by Gasteiger charge is -2.23. The lowest BCUT2D eigenvalue weighted by Crippen LogP contribution is -2.12. The monoisotopic (exact) mass is 1740 g/mol. The Kier molecular flexibility index (Phi) is 23.2. The van der Waals surface area contributed by atoms with Gasteiger partial charge in [-0.2, -0.15) is 0 Å². The summed E-state index contributed by atoms with van der Waals surface area (Å²) in [5.74, 6) is 0. The van der Waals surface area contributed by atoms with Crippen molar-refractivity contribution in [1.82, 2.24) is 0 Å². The molecule has 0 nitrogen and oxygen atoms in total. The zero-order chi connectivity index (χ0) is 95.9. The second kappa shape index (κ2) is 32.4. The Hall–Kier alpha value is -10.9. The van der Waals surface area contributed by atoms with E-state index in [0.717, 1.165) is 0 Å². The number of benzene rings is 14. The third-order valence-electron chi connectivity index (χ3n) is 28.5. The van der Waals surface area contributed by atoms with Gasteiger partial charge in [0.05, 0.1) is 0 Å². The van der Waals surface area contributed by atoms with Crippen LogP contribution in [0, 0.1) is 0 Å². The normalized spacial score (nSPS) is 13.5. The molecule has 0 aliphatic carbocycles. The largest absolute Gasteiger partial charge is 0.0561 e. The second-order valence-electron chi connectivity index (χ2n) is 52.2. The van der Waals surface area contributed by atoms with Crippen molar-refractivity contribution in [2.75, 3.05) is 0 Å². The molecule has 0 radical (unpaired) electrons. The summed E-state index contributed by atoms with van der Waals surface area (Å²) in [4.78, 5) is 0. The van der Waals surface area contributed by atoms with E-state index in [4.69, 9.17) is 0 Å². The molecule has 17 aromatic carbocycles. The Morgan fingerprint density at radius 3 is 0.144 bits per heavy atom. The molecule has 678 valence electrons. The van der Waals surface area contributed by atoms with Crippen molar-refractivity contribution in [2.45, 2.75) is 314 Å². The summed E-state index contributed by atoms with van der Waals surface area (Å²) >= 11 is 0. The smallest absolute Gasteiger partial charge is 0.0131 e. The summed E-state index contributed by atoms with van der Waals surface area (Å²) in [5, 5.41) is 35.9. The predicted molar refractivity (Wildman–Crippen MR) is 593 cm³/mol. The van der Waals surface area contributed by atoms with E-state index in [2.05, 4.69) is 504 Å². The second-order valence-corrected chi connectivity index (χ2v) is 52.2. The first-order valence-corrected chi connectivity index (χ1v) is 49.0. The molecule has 30 bridgehead atoms. The van der Waals surface area contributed by atoms with Crippen molar-refractivity contribution in [3.8, 4) is 0 Å². The molecule has 0 aromatic heterocycles. The summed E-state index contributed by atoms with van der Waals surface area (Å²) in [6.07, 6.45) is 0. The third-order valence-corrected chi connectivity index (χ3v) is 28.5. The van der Waals surface area contributed by atoms with Gasteiger partial charge in [0.1, 0.15) is 0 Å². The van der Waals surface area contributed by atoms with Gasteiger partial charge in [0.25, 0.3) is 0 Å². The molecule has 0 unspecified atom stereocenters. The van der Waals surface area contributed by atoms with Crippen LogP contribution in [0.3, 0.4) is 0 Å². The minimum atomic E-state index is -0.221. The Balaban J connectivity index is 1.30. The maximum Gasteiger partial charge on any atom is -0.0131 e. The summed E-state index contributed by atoms with van der Waals surface area (Å²) in [5.41, 5.74) is 13.0. The first kappa shape index (κ1) is 94.3. The van der Waals surface area contributed by atoms with Crippen LogP contribution < -0.4 is 0 Å². The molecular weight excluding hydrogens is 1590 g/mol. The molecule has 0 fully saturated rings.